The number of urea groups is 1. The van der Waals surface area contributed by atoms with Crippen molar-refractivity contribution in [2.75, 3.05) is 13.1 Å². The Hall–Kier alpha value is -2.37. The van der Waals surface area contributed by atoms with E-state index in [0.29, 0.717) is 19.4 Å². The highest BCUT2D eigenvalue weighted by Gasteiger charge is 2.51. The van der Waals surface area contributed by atoms with Crippen molar-refractivity contribution < 1.29 is 14.4 Å². The van der Waals surface area contributed by atoms with E-state index in [0.717, 1.165) is 30.6 Å². The number of carbonyl (C=O) groups excluding carboxylic acids is 3. The second-order valence-corrected chi connectivity index (χ2v) is 7.94. The molecule has 1 aromatic rings. The number of rotatable bonds is 5. The maximum absolute atomic E-state index is 12.7. The van der Waals surface area contributed by atoms with Crippen LogP contribution in [0.25, 0.3) is 0 Å². The lowest BCUT2D eigenvalue weighted by molar-refractivity contribution is -0.135. The fourth-order valence-corrected chi connectivity index (χ4v) is 4.44. The number of aryl methyl sites for hydroxylation is 3. The third-order valence-corrected chi connectivity index (χ3v) is 5.79. The molecule has 2 fully saturated rings. The standard InChI is InChI=1S/C21H29N3O3/c1-14-11-15(2)17(16(3)12-14)7-10-22-18(25)13-24-19(26)21(23-20(24)27)8-5-4-6-9-21/h11-12H,4-10,13H2,1-3H3,(H,22,25)(H,23,27). The molecule has 6 nitrogen and oxygen atoms in total. The lowest BCUT2D eigenvalue weighted by Crippen LogP contribution is -2.49. The summed E-state index contributed by atoms with van der Waals surface area (Å²) in [5.74, 6) is -0.540. The zero-order valence-corrected chi connectivity index (χ0v) is 16.5. The van der Waals surface area contributed by atoms with Gasteiger partial charge in [-0.05, 0) is 56.7 Å². The molecule has 0 unspecified atom stereocenters. The number of nitrogens with zero attached hydrogens (tertiary/aromatic N) is 1. The van der Waals surface area contributed by atoms with Crippen LogP contribution in [-0.4, -0.2) is 41.4 Å². The van der Waals surface area contributed by atoms with Gasteiger partial charge in [-0.25, -0.2) is 4.79 Å². The molecule has 4 amide bonds. The predicted molar refractivity (Wildman–Crippen MR) is 103 cm³/mol. The second-order valence-electron chi connectivity index (χ2n) is 7.94. The van der Waals surface area contributed by atoms with Crippen LogP contribution in [0.5, 0.6) is 0 Å². The van der Waals surface area contributed by atoms with Gasteiger partial charge in [0.2, 0.25) is 5.91 Å². The Bertz CT molecular complexity index is 743. The first-order chi connectivity index (χ1) is 12.8. The molecule has 1 heterocycles. The fourth-order valence-electron chi connectivity index (χ4n) is 4.44. The normalized spacial score (nSPS) is 18.7. The lowest BCUT2D eigenvalue weighted by atomic mass is 9.82. The van der Waals surface area contributed by atoms with Crippen molar-refractivity contribution in [3.05, 3.63) is 34.4 Å². The fraction of sp³-hybridized carbons (Fsp3) is 0.571. The number of hydrogen-bond acceptors (Lipinski definition) is 3. The van der Waals surface area contributed by atoms with E-state index in [1.54, 1.807) is 0 Å². The number of imide groups is 1. The minimum atomic E-state index is -0.772. The van der Waals surface area contributed by atoms with Crippen LogP contribution in [0.3, 0.4) is 0 Å². The number of carbonyl (C=O) groups is 3. The summed E-state index contributed by atoms with van der Waals surface area (Å²) in [6.07, 6.45) is 5.02. The van der Waals surface area contributed by atoms with Crippen molar-refractivity contribution in [3.8, 4) is 0 Å². The molecule has 0 atom stereocenters. The summed E-state index contributed by atoms with van der Waals surface area (Å²) in [6, 6.07) is 3.84. The highest BCUT2D eigenvalue weighted by molar-refractivity contribution is 6.09. The van der Waals surface area contributed by atoms with Gasteiger partial charge in [0.1, 0.15) is 12.1 Å². The van der Waals surface area contributed by atoms with E-state index in [1.807, 2.05) is 0 Å². The monoisotopic (exact) mass is 371 g/mol. The molecule has 2 aliphatic rings. The van der Waals surface area contributed by atoms with Crippen LogP contribution in [-0.2, 0) is 16.0 Å². The van der Waals surface area contributed by atoms with E-state index in [9.17, 15) is 14.4 Å². The van der Waals surface area contributed by atoms with E-state index in [4.69, 9.17) is 0 Å². The molecule has 1 aliphatic heterocycles. The SMILES string of the molecule is Cc1cc(C)c(CCNC(=O)CN2C(=O)NC3(CCCCC3)C2=O)c(C)c1. The Morgan fingerprint density at radius 2 is 1.74 bits per heavy atom. The van der Waals surface area contributed by atoms with Gasteiger partial charge in [0, 0.05) is 6.54 Å². The second kappa shape index (κ2) is 7.71. The summed E-state index contributed by atoms with van der Waals surface area (Å²) in [5.41, 5.74) is 4.13. The van der Waals surface area contributed by atoms with Crippen molar-refractivity contribution in [1.29, 1.82) is 0 Å². The molecule has 0 radical (unpaired) electrons. The Morgan fingerprint density at radius 3 is 2.37 bits per heavy atom. The van der Waals surface area contributed by atoms with Crippen molar-refractivity contribution in [3.63, 3.8) is 0 Å². The number of benzene rings is 1. The highest BCUT2D eigenvalue weighted by Crippen LogP contribution is 2.33. The van der Waals surface area contributed by atoms with Gasteiger partial charge in [0.15, 0.2) is 0 Å². The Morgan fingerprint density at radius 1 is 1.11 bits per heavy atom. The Labute approximate surface area is 160 Å². The van der Waals surface area contributed by atoms with Crippen LogP contribution in [0.2, 0.25) is 0 Å². The summed E-state index contributed by atoms with van der Waals surface area (Å²) < 4.78 is 0. The molecule has 1 aromatic carbocycles. The molecule has 6 heteroatoms. The quantitative estimate of drug-likeness (QED) is 0.781. The van der Waals surface area contributed by atoms with Crippen LogP contribution in [0.15, 0.2) is 12.1 Å². The molecule has 27 heavy (non-hydrogen) atoms. The highest BCUT2D eigenvalue weighted by atomic mass is 16.2. The first-order valence-electron chi connectivity index (χ1n) is 9.80. The average molecular weight is 371 g/mol. The smallest absolute Gasteiger partial charge is 0.325 e. The first-order valence-corrected chi connectivity index (χ1v) is 9.80. The molecule has 0 bridgehead atoms. The Balaban J connectivity index is 1.54. The van der Waals surface area contributed by atoms with Crippen LogP contribution in [0.1, 0.15) is 54.4 Å². The van der Waals surface area contributed by atoms with Gasteiger partial charge in [-0.15, -0.1) is 0 Å². The molecular formula is C21H29N3O3. The third kappa shape index (κ3) is 3.99. The average Bonchev–Trinajstić information content (AvgIpc) is 2.82. The van der Waals surface area contributed by atoms with Gasteiger partial charge < -0.3 is 10.6 Å². The molecule has 146 valence electrons. The van der Waals surface area contributed by atoms with Gasteiger partial charge >= 0.3 is 6.03 Å². The topological polar surface area (TPSA) is 78.5 Å². The zero-order valence-electron chi connectivity index (χ0n) is 16.5. The van der Waals surface area contributed by atoms with Gasteiger partial charge in [-0.1, -0.05) is 37.0 Å². The van der Waals surface area contributed by atoms with Crippen molar-refractivity contribution >= 4 is 17.8 Å². The molecule has 0 aromatic heterocycles. The number of hydrogen-bond donors (Lipinski definition) is 2. The van der Waals surface area contributed by atoms with E-state index >= 15 is 0 Å². The van der Waals surface area contributed by atoms with Gasteiger partial charge in [-0.2, -0.15) is 0 Å². The molecule has 1 aliphatic carbocycles. The van der Waals surface area contributed by atoms with E-state index in [2.05, 4.69) is 43.5 Å². The van der Waals surface area contributed by atoms with Gasteiger partial charge in [0.25, 0.3) is 5.91 Å². The van der Waals surface area contributed by atoms with Crippen LogP contribution >= 0.6 is 0 Å². The summed E-state index contributed by atoms with van der Waals surface area (Å²) in [5, 5.41) is 5.68. The summed E-state index contributed by atoms with van der Waals surface area (Å²) in [4.78, 5) is 38.3. The molecule has 2 N–H and O–H groups in total. The molecule has 1 saturated heterocycles. The molecule has 1 saturated carbocycles. The van der Waals surface area contributed by atoms with Gasteiger partial charge in [0.05, 0.1) is 0 Å². The van der Waals surface area contributed by atoms with E-state index in [-0.39, 0.29) is 18.4 Å². The molecular weight excluding hydrogens is 342 g/mol. The van der Waals surface area contributed by atoms with Crippen molar-refractivity contribution in [1.82, 2.24) is 15.5 Å². The first kappa shape index (κ1) is 19.4. The van der Waals surface area contributed by atoms with E-state index < -0.39 is 11.6 Å². The summed E-state index contributed by atoms with van der Waals surface area (Å²) in [7, 11) is 0. The lowest BCUT2D eigenvalue weighted by Gasteiger charge is -2.30. The van der Waals surface area contributed by atoms with Crippen LogP contribution < -0.4 is 10.6 Å². The molecule has 1 spiro atoms. The number of nitrogens with one attached hydrogen (secondary N) is 2. The molecule has 3 rings (SSSR count). The minimum Gasteiger partial charge on any atom is -0.354 e. The predicted octanol–water partition coefficient (Wildman–Crippen LogP) is 2.53. The zero-order chi connectivity index (χ0) is 19.6. The maximum atomic E-state index is 12.7. The summed E-state index contributed by atoms with van der Waals surface area (Å²) in [6.45, 7) is 6.50. The van der Waals surface area contributed by atoms with Crippen LogP contribution in [0.4, 0.5) is 4.79 Å². The minimum absolute atomic E-state index is 0.210. The van der Waals surface area contributed by atoms with Gasteiger partial charge in [-0.3, -0.25) is 14.5 Å². The maximum Gasteiger partial charge on any atom is 0.325 e. The van der Waals surface area contributed by atoms with Crippen LogP contribution in [0, 0.1) is 20.8 Å². The Kier molecular flexibility index (Phi) is 5.53. The van der Waals surface area contributed by atoms with Crippen molar-refractivity contribution in [2.24, 2.45) is 0 Å². The van der Waals surface area contributed by atoms with Crippen molar-refractivity contribution in [2.45, 2.75) is 64.8 Å². The number of amides is 4. The summed E-state index contributed by atoms with van der Waals surface area (Å²) >= 11 is 0. The third-order valence-electron chi connectivity index (χ3n) is 5.79. The van der Waals surface area contributed by atoms with E-state index in [1.165, 1.54) is 22.3 Å². The largest absolute Gasteiger partial charge is 0.354 e.